The lowest BCUT2D eigenvalue weighted by atomic mass is 10.2. The molecule has 0 atom stereocenters. The predicted molar refractivity (Wildman–Crippen MR) is 76.3 cm³/mol. The molecule has 0 aliphatic rings. The maximum atomic E-state index is 12.6. The van der Waals surface area contributed by atoms with Crippen molar-refractivity contribution in [3.63, 3.8) is 0 Å². The molecule has 0 fully saturated rings. The van der Waals surface area contributed by atoms with E-state index < -0.39 is 11.7 Å². The topological polar surface area (TPSA) is 28.2 Å². The van der Waals surface area contributed by atoms with Gasteiger partial charge in [-0.25, -0.2) is 4.98 Å². The van der Waals surface area contributed by atoms with Crippen LogP contribution in [0.4, 0.5) is 18.3 Å². The molecule has 2 rings (SSSR count). The molecular formula is C13H16F3N3S. The van der Waals surface area contributed by atoms with Gasteiger partial charge in [-0.3, -0.25) is 0 Å². The fourth-order valence-electron chi connectivity index (χ4n) is 1.77. The van der Waals surface area contributed by atoms with E-state index in [0.717, 1.165) is 36.3 Å². The number of thiazole rings is 1. The highest BCUT2D eigenvalue weighted by Gasteiger charge is 2.30. The van der Waals surface area contributed by atoms with Gasteiger partial charge in [-0.2, -0.15) is 13.2 Å². The zero-order valence-corrected chi connectivity index (χ0v) is 12.1. The van der Waals surface area contributed by atoms with Crippen LogP contribution < -0.4 is 5.32 Å². The Kier molecular flexibility index (Phi) is 4.49. The second-order valence-electron chi connectivity index (χ2n) is 4.78. The normalized spacial score (nSPS) is 12.3. The van der Waals surface area contributed by atoms with Gasteiger partial charge in [0.2, 0.25) is 0 Å². The molecule has 1 aromatic carbocycles. The molecule has 0 saturated heterocycles. The number of hydrogen-bond donors (Lipinski definition) is 1. The molecule has 2 aromatic rings. The molecule has 0 unspecified atom stereocenters. The van der Waals surface area contributed by atoms with Crippen LogP contribution in [0.25, 0.3) is 10.2 Å². The first-order chi connectivity index (χ1) is 9.36. The quantitative estimate of drug-likeness (QED) is 0.854. The van der Waals surface area contributed by atoms with Gasteiger partial charge in [0, 0.05) is 6.54 Å². The van der Waals surface area contributed by atoms with Gasteiger partial charge in [-0.1, -0.05) is 11.3 Å². The molecule has 7 heteroatoms. The number of halogens is 3. The summed E-state index contributed by atoms with van der Waals surface area (Å²) in [5.74, 6) is 0. The van der Waals surface area contributed by atoms with Gasteiger partial charge < -0.3 is 10.2 Å². The monoisotopic (exact) mass is 303 g/mol. The van der Waals surface area contributed by atoms with E-state index in [2.05, 4.69) is 15.2 Å². The first-order valence-corrected chi connectivity index (χ1v) is 7.04. The standard InChI is InChI=1S/C13H16F3N3S/c1-19(2)7-3-6-17-12-18-10-8-9(13(14,15)16)4-5-11(10)20-12/h4-5,8H,3,6-7H2,1-2H3,(H,17,18). The summed E-state index contributed by atoms with van der Waals surface area (Å²) in [5, 5.41) is 3.81. The molecule has 3 nitrogen and oxygen atoms in total. The minimum absolute atomic E-state index is 0.389. The largest absolute Gasteiger partial charge is 0.416 e. The van der Waals surface area contributed by atoms with E-state index >= 15 is 0 Å². The van der Waals surface area contributed by atoms with E-state index in [0.29, 0.717) is 10.6 Å². The van der Waals surface area contributed by atoms with E-state index in [1.165, 1.54) is 17.4 Å². The fraction of sp³-hybridized carbons (Fsp3) is 0.462. The molecule has 20 heavy (non-hydrogen) atoms. The van der Waals surface area contributed by atoms with E-state index in [-0.39, 0.29) is 0 Å². The lowest BCUT2D eigenvalue weighted by Gasteiger charge is -2.08. The minimum Gasteiger partial charge on any atom is -0.361 e. The van der Waals surface area contributed by atoms with Crippen molar-refractivity contribution in [2.24, 2.45) is 0 Å². The molecule has 1 heterocycles. The molecule has 110 valence electrons. The molecule has 0 saturated carbocycles. The van der Waals surface area contributed by atoms with Crippen molar-refractivity contribution < 1.29 is 13.2 Å². The second kappa shape index (κ2) is 5.97. The van der Waals surface area contributed by atoms with Gasteiger partial charge in [0.05, 0.1) is 15.8 Å². The van der Waals surface area contributed by atoms with Crippen molar-refractivity contribution in [2.75, 3.05) is 32.5 Å². The summed E-state index contributed by atoms with van der Waals surface area (Å²) < 4.78 is 38.6. The van der Waals surface area contributed by atoms with Crippen LogP contribution in [0.5, 0.6) is 0 Å². The Morgan fingerprint density at radius 1 is 1.30 bits per heavy atom. The smallest absolute Gasteiger partial charge is 0.361 e. The van der Waals surface area contributed by atoms with Crippen LogP contribution in [0, 0.1) is 0 Å². The van der Waals surface area contributed by atoms with Gasteiger partial charge in [0.25, 0.3) is 0 Å². The number of nitrogens with zero attached hydrogens (tertiary/aromatic N) is 2. The molecule has 0 spiro atoms. The summed E-state index contributed by atoms with van der Waals surface area (Å²) >= 11 is 1.37. The van der Waals surface area contributed by atoms with Crippen molar-refractivity contribution in [2.45, 2.75) is 12.6 Å². The highest BCUT2D eigenvalue weighted by molar-refractivity contribution is 7.22. The molecule has 0 radical (unpaired) electrons. The van der Waals surface area contributed by atoms with E-state index in [1.807, 2.05) is 14.1 Å². The molecule has 0 aliphatic heterocycles. The maximum Gasteiger partial charge on any atom is 0.416 e. The minimum atomic E-state index is -4.32. The summed E-state index contributed by atoms with van der Waals surface area (Å²) in [7, 11) is 3.99. The van der Waals surface area contributed by atoms with Crippen LogP contribution in [-0.2, 0) is 6.18 Å². The third-order valence-corrected chi connectivity index (χ3v) is 3.77. The van der Waals surface area contributed by atoms with Crippen molar-refractivity contribution >= 4 is 26.7 Å². The van der Waals surface area contributed by atoms with Crippen LogP contribution in [0.1, 0.15) is 12.0 Å². The zero-order valence-electron chi connectivity index (χ0n) is 11.3. The average Bonchev–Trinajstić information content (AvgIpc) is 2.74. The van der Waals surface area contributed by atoms with Gasteiger partial charge in [0.1, 0.15) is 0 Å². The Balaban J connectivity index is 2.06. The lowest BCUT2D eigenvalue weighted by molar-refractivity contribution is -0.137. The number of aromatic nitrogens is 1. The van der Waals surface area contributed by atoms with E-state index in [1.54, 1.807) is 0 Å². The number of hydrogen-bond acceptors (Lipinski definition) is 4. The van der Waals surface area contributed by atoms with Crippen molar-refractivity contribution in [3.8, 4) is 0 Å². The van der Waals surface area contributed by atoms with Gasteiger partial charge >= 0.3 is 6.18 Å². The molecular weight excluding hydrogens is 287 g/mol. The zero-order chi connectivity index (χ0) is 14.8. The Bertz CT molecular complexity index is 578. The van der Waals surface area contributed by atoms with E-state index in [9.17, 15) is 13.2 Å². The van der Waals surface area contributed by atoms with Gasteiger partial charge in [-0.15, -0.1) is 0 Å². The lowest BCUT2D eigenvalue weighted by Crippen LogP contribution is -2.16. The molecule has 0 bridgehead atoms. The first kappa shape index (κ1) is 15.1. The number of rotatable bonds is 5. The number of alkyl halides is 3. The molecule has 0 aliphatic carbocycles. The molecule has 0 amide bonds. The molecule has 1 N–H and O–H groups in total. The fourth-order valence-corrected chi connectivity index (χ4v) is 2.64. The summed E-state index contributed by atoms with van der Waals surface area (Å²) in [6, 6.07) is 3.66. The van der Waals surface area contributed by atoms with E-state index in [4.69, 9.17) is 0 Å². The number of benzene rings is 1. The highest BCUT2D eigenvalue weighted by atomic mass is 32.1. The summed E-state index contributed by atoms with van der Waals surface area (Å²) in [6.45, 7) is 1.71. The third kappa shape index (κ3) is 3.83. The van der Waals surface area contributed by atoms with Crippen LogP contribution >= 0.6 is 11.3 Å². The highest BCUT2D eigenvalue weighted by Crippen LogP contribution is 2.33. The van der Waals surface area contributed by atoms with Crippen molar-refractivity contribution in [1.29, 1.82) is 0 Å². The van der Waals surface area contributed by atoms with Gasteiger partial charge in [-0.05, 0) is 45.3 Å². The van der Waals surface area contributed by atoms with Crippen molar-refractivity contribution in [1.82, 2.24) is 9.88 Å². The molecule has 1 aromatic heterocycles. The predicted octanol–water partition coefficient (Wildman–Crippen LogP) is 3.68. The summed E-state index contributed by atoms with van der Waals surface area (Å²) in [4.78, 5) is 6.28. The Labute approximate surface area is 119 Å². The number of anilines is 1. The Morgan fingerprint density at radius 3 is 2.70 bits per heavy atom. The number of fused-ring (bicyclic) bond motifs is 1. The third-order valence-electron chi connectivity index (χ3n) is 2.77. The van der Waals surface area contributed by atoms with Crippen molar-refractivity contribution in [3.05, 3.63) is 23.8 Å². The summed E-state index contributed by atoms with van der Waals surface area (Å²) in [5.41, 5.74) is -0.269. The second-order valence-corrected chi connectivity index (χ2v) is 5.81. The summed E-state index contributed by atoms with van der Waals surface area (Å²) in [6.07, 6.45) is -3.37. The van der Waals surface area contributed by atoms with Gasteiger partial charge in [0.15, 0.2) is 5.13 Å². The SMILES string of the molecule is CN(C)CCCNc1nc2cc(C(F)(F)F)ccc2s1. The maximum absolute atomic E-state index is 12.6. The average molecular weight is 303 g/mol. The van der Waals surface area contributed by atoms with Crippen LogP contribution in [0.2, 0.25) is 0 Å². The Morgan fingerprint density at radius 2 is 2.05 bits per heavy atom. The van der Waals surface area contributed by atoms with Crippen LogP contribution in [-0.4, -0.2) is 37.1 Å². The first-order valence-electron chi connectivity index (χ1n) is 6.22. The van der Waals surface area contributed by atoms with Crippen LogP contribution in [0.15, 0.2) is 18.2 Å². The number of nitrogens with one attached hydrogen (secondary N) is 1. The Hall–Kier alpha value is -1.34. The van der Waals surface area contributed by atoms with Crippen LogP contribution in [0.3, 0.4) is 0 Å².